The minimum Gasteiger partial charge on any atom is -0.480 e. The summed E-state index contributed by atoms with van der Waals surface area (Å²) in [5.41, 5.74) is 0.385. The molecule has 0 aliphatic heterocycles. The summed E-state index contributed by atoms with van der Waals surface area (Å²) in [6.07, 6.45) is 2.88. The van der Waals surface area contributed by atoms with Gasteiger partial charge in [0.25, 0.3) is 5.91 Å². The third-order valence-corrected chi connectivity index (χ3v) is 3.70. The first-order chi connectivity index (χ1) is 9.57. The van der Waals surface area contributed by atoms with Gasteiger partial charge in [-0.3, -0.25) is 4.79 Å². The van der Waals surface area contributed by atoms with Crippen molar-refractivity contribution >= 4 is 17.6 Å². The minimum atomic E-state index is -1.06. The summed E-state index contributed by atoms with van der Waals surface area (Å²) in [7, 11) is 0. The zero-order valence-corrected chi connectivity index (χ0v) is 11.6. The average molecular weight is 276 g/mol. The predicted molar refractivity (Wildman–Crippen MR) is 76.9 cm³/mol. The lowest BCUT2D eigenvalue weighted by atomic mass is 9.76. The van der Waals surface area contributed by atoms with Crippen molar-refractivity contribution in [2.24, 2.45) is 0 Å². The molecule has 108 valence electrons. The highest BCUT2D eigenvalue weighted by molar-refractivity contribution is 5.98. The van der Waals surface area contributed by atoms with Gasteiger partial charge in [-0.25, -0.2) is 4.79 Å². The SMILES string of the molecule is CCCNc1ccc(C(=O)NC2(C(=O)O)CCC2)cc1. The third kappa shape index (κ3) is 2.92. The van der Waals surface area contributed by atoms with Crippen LogP contribution in [0.2, 0.25) is 0 Å². The number of anilines is 1. The van der Waals surface area contributed by atoms with Gasteiger partial charge in [-0.15, -0.1) is 0 Å². The standard InChI is InChI=1S/C15H20N2O3/c1-2-10-16-12-6-4-11(5-7-12)13(18)17-15(14(19)20)8-3-9-15/h4-7,16H,2-3,8-10H2,1H3,(H,17,18)(H,19,20). The maximum atomic E-state index is 12.1. The molecule has 1 saturated carbocycles. The van der Waals surface area contributed by atoms with Gasteiger partial charge in [0.15, 0.2) is 0 Å². The first-order valence-corrected chi connectivity index (χ1v) is 6.97. The van der Waals surface area contributed by atoms with E-state index in [2.05, 4.69) is 17.6 Å². The summed E-state index contributed by atoms with van der Waals surface area (Å²) < 4.78 is 0. The zero-order chi connectivity index (χ0) is 14.6. The molecule has 0 unspecified atom stereocenters. The Morgan fingerprint density at radius 3 is 2.35 bits per heavy atom. The van der Waals surface area contributed by atoms with Gasteiger partial charge in [0.1, 0.15) is 5.54 Å². The van der Waals surface area contributed by atoms with Crippen LogP contribution in [0.4, 0.5) is 5.69 Å². The van der Waals surface area contributed by atoms with Crippen LogP contribution in [-0.2, 0) is 4.79 Å². The number of hydrogen-bond donors (Lipinski definition) is 3. The number of amides is 1. The topological polar surface area (TPSA) is 78.4 Å². The van der Waals surface area contributed by atoms with E-state index in [1.165, 1.54) is 0 Å². The van der Waals surface area contributed by atoms with Gasteiger partial charge in [0.05, 0.1) is 0 Å². The Morgan fingerprint density at radius 1 is 1.25 bits per heavy atom. The molecule has 1 aromatic rings. The van der Waals surface area contributed by atoms with Crippen molar-refractivity contribution in [2.75, 3.05) is 11.9 Å². The molecule has 0 atom stereocenters. The fourth-order valence-electron chi connectivity index (χ4n) is 2.22. The maximum Gasteiger partial charge on any atom is 0.329 e. The van der Waals surface area contributed by atoms with Crippen LogP contribution in [0.5, 0.6) is 0 Å². The van der Waals surface area contributed by atoms with Crippen molar-refractivity contribution in [3.63, 3.8) is 0 Å². The van der Waals surface area contributed by atoms with Crippen LogP contribution in [0.1, 0.15) is 43.0 Å². The number of aliphatic carboxylic acids is 1. The molecule has 5 heteroatoms. The summed E-state index contributed by atoms with van der Waals surface area (Å²) in [6.45, 7) is 2.96. The second-order valence-corrected chi connectivity index (χ2v) is 5.20. The lowest BCUT2D eigenvalue weighted by Crippen LogP contribution is -2.59. The summed E-state index contributed by atoms with van der Waals surface area (Å²) >= 11 is 0. The lowest BCUT2D eigenvalue weighted by molar-refractivity contribution is -0.148. The smallest absolute Gasteiger partial charge is 0.329 e. The summed E-state index contributed by atoms with van der Waals surface area (Å²) in [5.74, 6) is -1.27. The summed E-state index contributed by atoms with van der Waals surface area (Å²) in [5, 5.41) is 15.1. The number of carboxylic acids is 1. The van der Waals surface area contributed by atoms with Crippen LogP contribution in [0.25, 0.3) is 0 Å². The number of hydrogen-bond acceptors (Lipinski definition) is 3. The zero-order valence-electron chi connectivity index (χ0n) is 11.6. The van der Waals surface area contributed by atoms with E-state index in [0.717, 1.165) is 25.1 Å². The molecule has 5 nitrogen and oxygen atoms in total. The Morgan fingerprint density at radius 2 is 1.90 bits per heavy atom. The third-order valence-electron chi connectivity index (χ3n) is 3.70. The van der Waals surface area contributed by atoms with Crippen LogP contribution in [-0.4, -0.2) is 29.1 Å². The molecule has 0 spiro atoms. The quantitative estimate of drug-likeness (QED) is 0.744. The molecule has 1 amide bonds. The van der Waals surface area contributed by atoms with E-state index in [0.29, 0.717) is 18.4 Å². The number of benzene rings is 1. The largest absolute Gasteiger partial charge is 0.480 e. The molecule has 1 aliphatic carbocycles. The number of rotatable bonds is 6. The van der Waals surface area contributed by atoms with Crippen LogP contribution in [0.15, 0.2) is 24.3 Å². The Bertz CT molecular complexity index is 492. The van der Waals surface area contributed by atoms with E-state index < -0.39 is 11.5 Å². The highest BCUT2D eigenvalue weighted by Crippen LogP contribution is 2.32. The van der Waals surface area contributed by atoms with Gasteiger partial charge in [0, 0.05) is 17.8 Å². The first kappa shape index (κ1) is 14.4. The van der Waals surface area contributed by atoms with E-state index in [1.54, 1.807) is 12.1 Å². The number of carboxylic acid groups (broad SMARTS) is 1. The van der Waals surface area contributed by atoms with Crippen LogP contribution >= 0.6 is 0 Å². The molecule has 0 radical (unpaired) electrons. The molecule has 0 bridgehead atoms. The molecule has 2 rings (SSSR count). The monoisotopic (exact) mass is 276 g/mol. The number of carbonyl (C=O) groups excluding carboxylic acids is 1. The Kier molecular flexibility index (Phi) is 4.27. The van der Waals surface area contributed by atoms with E-state index in [9.17, 15) is 14.7 Å². The van der Waals surface area contributed by atoms with Gasteiger partial charge >= 0.3 is 5.97 Å². The van der Waals surface area contributed by atoms with Crippen molar-refractivity contribution in [2.45, 2.75) is 38.1 Å². The molecular weight excluding hydrogens is 256 g/mol. The Balaban J connectivity index is 2.00. The van der Waals surface area contributed by atoms with E-state index >= 15 is 0 Å². The first-order valence-electron chi connectivity index (χ1n) is 6.97. The molecule has 3 N–H and O–H groups in total. The van der Waals surface area contributed by atoms with Gasteiger partial charge in [0.2, 0.25) is 0 Å². The fourth-order valence-corrected chi connectivity index (χ4v) is 2.22. The van der Waals surface area contributed by atoms with Crippen LogP contribution in [0, 0.1) is 0 Å². The minimum absolute atomic E-state index is 0.325. The summed E-state index contributed by atoms with van der Waals surface area (Å²) in [6, 6.07) is 7.08. The van der Waals surface area contributed by atoms with Crippen LogP contribution < -0.4 is 10.6 Å². The molecular formula is C15H20N2O3. The maximum absolute atomic E-state index is 12.1. The normalized spacial score (nSPS) is 16.1. The molecule has 1 aliphatic rings. The Labute approximate surface area is 118 Å². The number of carbonyl (C=O) groups is 2. The highest BCUT2D eigenvalue weighted by atomic mass is 16.4. The molecule has 20 heavy (non-hydrogen) atoms. The molecule has 0 saturated heterocycles. The summed E-state index contributed by atoms with van der Waals surface area (Å²) in [4.78, 5) is 23.3. The second-order valence-electron chi connectivity index (χ2n) is 5.20. The Hall–Kier alpha value is -2.04. The molecule has 1 fully saturated rings. The second kappa shape index (κ2) is 5.94. The predicted octanol–water partition coefficient (Wildman–Crippen LogP) is 2.25. The lowest BCUT2D eigenvalue weighted by Gasteiger charge is -2.38. The van der Waals surface area contributed by atoms with Gasteiger partial charge in [-0.2, -0.15) is 0 Å². The fraction of sp³-hybridized carbons (Fsp3) is 0.467. The van der Waals surface area contributed by atoms with Crippen molar-refractivity contribution in [3.8, 4) is 0 Å². The van der Waals surface area contributed by atoms with Crippen molar-refractivity contribution in [1.82, 2.24) is 5.32 Å². The molecule has 0 heterocycles. The van der Waals surface area contributed by atoms with E-state index in [4.69, 9.17) is 0 Å². The van der Waals surface area contributed by atoms with Crippen molar-refractivity contribution < 1.29 is 14.7 Å². The molecule has 1 aromatic carbocycles. The van der Waals surface area contributed by atoms with Gasteiger partial charge in [-0.1, -0.05) is 6.92 Å². The number of nitrogens with one attached hydrogen (secondary N) is 2. The van der Waals surface area contributed by atoms with E-state index in [-0.39, 0.29) is 5.91 Å². The van der Waals surface area contributed by atoms with Crippen LogP contribution in [0.3, 0.4) is 0 Å². The molecule has 0 aromatic heterocycles. The average Bonchev–Trinajstić information content (AvgIpc) is 2.40. The van der Waals surface area contributed by atoms with Gasteiger partial charge < -0.3 is 15.7 Å². The van der Waals surface area contributed by atoms with E-state index in [1.807, 2.05) is 12.1 Å². The van der Waals surface area contributed by atoms with Crippen molar-refractivity contribution in [1.29, 1.82) is 0 Å². The highest BCUT2D eigenvalue weighted by Gasteiger charge is 2.45. The van der Waals surface area contributed by atoms with Gasteiger partial charge in [-0.05, 0) is 49.9 Å². The van der Waals surface area contributed by atoms with Crippen molar-refractivity contribution in [3.05, 3.63) is 29.8 Å².